The van der Waals surface area contributed by atoms with E-state index in [0.717, 1.165) is 44.3 Å². The molecule has 5 nitrogen and oxygen atoms in total. The molecule has 1 atom stereocenters. The molecule has 4 rings (SSSR count). The highest BCUT2D eigenvalue weighted by Gasteiger charge is 2.18. The van der Waals surface area contributed by atoms with Crippen LogP contribution in [0.4, 0.5) is 0 Å². The second-order valence-corrected chi connectivity index (χ2v) is 11.4. The molecule has 2 aromatic heterocycles. The van der Waals surface area contributed by atoms with Crippen LogP contribution in [0.5, 0.6) is 0 Å². The largest absolute Gasteiger partial charge is 0.386 e. The third kappa shape index (κ3) is 5.29. The van der Waals surface area contributed by atoms with E-state index >= 15 is 0 Å². The standard InChI is InChI=1S/C27H28N2O3S/c1-18(17-33(4,31)32)22-12-21-9-6-10-29-26(21)25(14-22)20-8-5-7-19(11-20)23-13-24(16-28-15-23)27(2,3)30/h5-16,18,30H,17H2,1-4H3. The number of benzene rings is 2. The predicted octanol–water partition coefficient (Wildman–Crippen LogP) is 5.34. The summed E-state index contributed by atoms with van der Waals surface area (Å²) >= 11 is 0. The molecule has 0 aliphatic rings. The van der Waals surface area contributed by atoms with Gasteiger partial charge in [-0.05, 0) is 66.8 Å². The molecule has 0 aliphatic carbocycles. The van der Waals surface area contributed by atoms with Gasteiger partial charge in [0.2, 0.25) is 0 Å². The Morgan fingerprint density at radius 3 is 2.45 bits per heavy atom. The Balaban J connectivity index is 1.84. The van der Waals surface area contributed by atoms with Crippen LogP contribution in [0.15, 0.2) is 73.2 Å². The van der Waals surface area contributed by atoms with Crippen LogP contribution < -0.4 is 0 Å². The van der Waals surface area contributed by atoms with E-state index in [0.29, 0.717) is 0 Å². The maximum atomic E-state index is 11.9. The van der Waals surface area contributed by atoms with Gasteiger partial charge in [0.15, 0.2) is 0 Å². The minimum absolute atomic E-state index is 0.0909. The summed E-state index contributed by atoms with van der Waals surface area (Å²) in [5, 5.41) is 11.4. The van der Waals surface area contributed by atoms with E-state index < -0.39 is 15.4 Å². The third-order valence-corrected chi connectivity index (χ3v) is 6.91. The normalized spacial score (nSPS) is 13.2. The van der Waals surface area contributed by atoms with Crippen molar-refractivity contribution in [1.29, 1.82) is 0 Å². The van der Waals surface area contributed by atoms with Crippen LogP contribution in [0, 0.1) is 0 Å². The van der Waals surface area contributed by atoms with E-state index in [1.165, 1.54) is 6.26 Å². The van der Waals surface area contributed by atoms with E-state index in [1.807, 2.05) is 49.4 Å². The molecule has 170 valence electrons. The summed E-state index contributed by atoms with van der Waals surface area (Å²) in [6.07, 6.45) is 6.51. The summed E-state index contributed by atoms with van der Waals surface area (Å²) in [5.41, 5.74) is 5.43. The van der Waals surface area contributed by atoms with Crippen molar-refractivity contribution < 1.29 is 13.5 Å². The predicted molar refractivity (Wildman–Crippen MR) is 134 cm³/mol. The Hall–Kier alpha value is -3.09. The van der Waals surface area contributed by atoms with Gasteiger partial charge in [0, 0.05) is 46.9 Å². The first-order chi connectivity index (χ1) is 15.5. The molecular formula is C27H28N2O3S. The van der Waals surface area contributed by atoms with Gasteiger partial charge in [0.1, 0.15) is 9.84 Å². The van der Waals surface area contributed by atoms with Crippen molar-refractivity contribution in [2.75, 3.05) is 12.0 Å². The first kappa shape index (κ1) is 23.1. The molecule has 2 heterocycles. The molecule has 0 bridgehead atoms. The fourth-order valence-corrected chi connectivity index (χ4v) is 5.17. The summed E-state index contributed by atoms with van der Waals surface area (Å²) in [5.74, 6) is -0.0487. The minimum Gasteiger partial charge on any atom is -0.386 e. The second kappa shape index (κ2) is 8.69. The Labute approximate surface area is 195 Å². The van der Waals surface area contributed by atoms with Crippen LogP contribution in [0.2, 0.25) is 0 Å². The number of sulfone groups is 1. The van der Waals surface area contributed by atoms with Gasteiger partial charge in [-0.1, -0.05) is 31.2 Å². The average molecular weight is 461 g/mol. The lowest BCUT2D eigenvalue weighted by atomic mass is 9.92. The number of aromatic nitrogens is 2. The van der Waals surface area contributed by atoms with Gasteiger partial charge < -0.3 is 5.11 Å². The maximum absolute atomic E-state index is 11.9. The molecule has 1 N–H and O–H groups in total. The number of hydrogen-bond acceptors (Lipinski definition) is 5. The van der Waals surface area contributed by atoms with Gasteiger partial charge in [0.05, 0.1) is 16.9 Å². The van der Waals surface area contributed by atoms with Gasteiger partial charge in [0.25, 0.3) is 0 Å². The Morgan fingerprint density at radius 1 is 0.970 bits per heavy atom. The number of rotatable bonds is 6. The number of aliphatic hydroxyl groups is 1. The smallest absolute Gasteiger partial charge is 0.148 e. The molecule has 33 heavy (non-hydrogen) atoms. The van der Waals surface area contributed by atoms with Gasteiger partial charge in [-0.2, -0.15) is 0 Å². The highest BCUT2D eigenvalue weighted by Crippen LogP contribution is 2.34. The molecule has 4 aromatic rings. The number of hydrogen-bond donors (Lipinski definition) is 1. The van der Waals surface area contributed by atoms with Crippen molar-refractivity contribution in [3.63, 3.8) is 0 Å². The fraction of sp³-hybridized carbons (Fsp3) is 0.259. The monoisotopic (exact) mass is 460 g/mol. The summed E-state index contributed by atoms with van der Waals surface area (Å²) in [6.45, 7) is 5.42. The van der Waals surface area contributed by atoms with Gasteiger partial charge in [-0.25, -0.2) is 8.42 Å². The zero-order chi connectivity index (χ0) is 23.8. The van der Waals surface area contributed by atoms with E-state index in [2.05, 4.69) is 22.1 Å². The molecule has 2 aromatic carbocycles. The van der Waals surface area contributed by atoms with Crippen molar-refractivity contribution in [1.82, 2.24) is 9.97 Å². The van der Waals surface area contributed by atoms with Crippen LogP contribution in [0.1, 0.15) is 37.8 Å². The van der Waals surface area contributed by atoms with Crippen molar-refractivity contribution in [3.8, 4) is 22.3 Å². The lowest BCUT2D eigenvalue weighted by molar-refractivity contribution is 0.0783. The number of fused-ring (bicyclic) bond motifs is 1. The molecule has 0 fully saturated rings. The summed E-state index contributed by atoms with van der Waals surface area (Å²) in [7, 11) is -3.10. The average Bonchev–Trinajstić information content (AvgIpc) is 2.77. The Kier molecular flexibility index (Phi) is 6.08. The molecule has 6 heteroatoms. The highest BCUT2D eigenvalue weighted by molar-refractivity contribution is 7.90. The summed E-state index contributed by atoms with van der Waals surface area (Å²) in [6, 6.07) is 18.0. The lowest BCUT2D eigenvalue weighted by Crippen LogP contribution is -2.15. The topological polar surface area (TPSA) is 80.2 Å². The minimum atomic E-state index is -3.10. The van der Waals surface area contributed by atoms with E-state index in [9.17, 15) is 13.5 Å². The molecule has 0 radical (unpaired) electrons. The number of pyridine rings is 2. The van der Waals surface area contributed by atoms with Crippen molar-refractivity contribution in [2.24, 2.45) is 0 Å². The highest BCUT2D eigenvalue weighted by atomic mass is 32.2. The fourth-order valence-electron chi connectivity index (χ4n) is 4.07. The molecule has 0 aliphatic heterocycles. The van der Waals surface area contributed by atoms with Crippen LogP contribution >= 0.6 is 0 Å². The van der Waals surface area contributed by atoms with Crippen molar-refractivity contribution in [3.05, 3.63) is 84.3 Å². The summed E-state index contributed by atoms with van der Waals surface area (Å²) < 4.78 is 23.8. The zero-order valence-corrected chi connectivity index (χ0v) is 20.1. The lowest BCUT2D eigenvalue weighted by Gasteiger charge is -2.18. The first-order valence-electron chi connectivity index (χ1n) is 10.9. The SMILES string of the molecule is CC(CS(C)(=O)=O)c1cc(-c2cccc(-c3cncc(C(C)(C)O)c3)c2)c2ncccc2c1. The molecule has 0 saturated carbocycles. The Bertz CT molecular complexity index is 1420. The van der Waals surface area contributed by atoms with Crippen LogP contribution in [-0.2, 0) is 15.4 Å². The Morgan fingerprint density at radius 2 is 1.73 bits per heavy atom. The van der Waals surface area contributed by atoms with E-state index in [4.69, 9.17) is 0 Å². The van der Waals surface area contributed by atoms with Crippen LogP contribution in [-0.4, -0.2) is 35.5 Å². The van der Waals surface area contributed by atoms with Gasteiger partial charge in [-0.3, -0.25) is 9.97 Å². The van der Waals surface area contributed by atoms with Gasteiger partial charge in [-0.15, -0.1) is 0 Å². The second-order valence-electron chi connectivity index (χ2n) is 9.24. The first-order valence-corrected chi connectivity index (χ1v) is 12.9. The quantitative estimate of drug-likeness (QED) is 0.420. The molecule has 0 amide bonds. The van der Waals surface area contributed by atoms with E-state index in [-0.39, 0.29) is 11.7 Å². The van der Waals surface area contributed by atoms with Gasteiger partial charge >= 0.3 is 0 Å². The van der Waals surface area contributed by atoms with Crippen molar-refractivity contribution >= 4 is 20.7 Å². The molecular weight excluding hydrogens is 432 g/mol. The molecule has 0 saturated heterocycles. The van der Waals surface area contributed by atoms with Crippen LogP contribution in [0.25, 0.3) is 33.2 Å². The maximum Gasteiger partial charge on any atom is 0.148 e. The molecule has 1 unspecified atom stereocenters. The zero-order valence-electron chi connectivity index (χ0n) is 19.3. The third-order valence-electron chi connectivity index (χ3n) is 5.80. The number of nitrogens with zero attached hydrogens (tertiary/aromatic N) is 2. The summed E-state index contributed by atoms with van der Waals surface area (Å²) in [4.78, 5) is 8.94. The van der Waals surface area contributed by atoms with E-state index in [1.54, 1.807) is 32.4 Å². The van der Waals surface area contributed by atoms with Crippen LogP contribution in [0.3, 0.4) is 0 Å². The molecule has 0 spiro atoms. The van der Waals surface area contributed by atoms with Crippen molar-refractivity contribution in [2.45, 2.75) is 32.3 Å².